The summed E-state index contributed by atoms with van der Waals surface area (Å²) in [7, 11) is 3.36. The van der Waals surface area contributed by atoms with E-state index in [2.05, 4.69) is 11.0 Å². The minimum atomic E-state index is -0.571. The van der Waals surface area contributed by atoms with Gasteiger partial charge in [0.15, 0.2) is 0 Å². The third kappa shape index (κ3) is 7.58. The number of rotatable bonds is 13. The smallest absolute Gasteiger partial charge is 0.129 e. The van der Waals surface area contributed by atoms with Crippen molar-refractivity contribution < 1.29 is 23.7 Å². The summed E-state index contributed by atoms with van der Waals surface area (Å²) in [5.41, 5.74) is 1.14. The average Bonchev–Trinajstić information content (AvgIpc) is 3.15. The molecule has 0 saturated heterocycles. The maximum atomic E-state index is 10.3. The van der Waals surface area contributed by atoms with Gasteiger partial charge in [-0.25, -0.2) is 0 Å². The standard InChI is InChI=1S/C20H29NO5/c1-23-10-5-9-21(13-17-6-3-7-19(12-17)24-2)14-18(22)15-25-16-20-8-4-11-26-20/h3-4,6-8,11-12,18,22H,5,9-10,13-16H2,1-2H3/t18-/m0/s1. The molecule has 0 aliphatic carbocycles. The van der Waals surface area contributed by atoms with Crippen LogP contribution in [0.15, 0.2) is 47.1 Å². The summed E-state index contributed by atoms with van der Waals surface area (Å²) in [4.78, 5) is 2.20. The van der Waals surface area contributed by atoms with Crippen LogP contribution < -0.4 is 4.74 Å². The summed E-state index contributed by atoms with van der Waals surface area (Å²) >= 11 is 0. The molecule has 1 aromatic carbocycles. The molecule has 6 heteroatoms. The van der Waals surface area contributed by atoms with Crippen LogP contribution in [0, 0.1) is 0 Å². The molecular weight excluding hydrogens is 334 g/mol. The summed E-state index contributed by atoms with van der Waals surface area (Å²) in [5.74, 6) is 1.59. The zero-order valence-corrected chi connectivity index (χ0v) is 15.6. The van der Waals surface area contributed by atoms with E-state index in [0.29, 0.717) is 19.8 Å². The van der Waals surface area contributed by atoms with Gasteiger partial charge in [0.1, 0.15) is 18.1 Å². The van der Waals surface area contributed by atoms with Crippen LogP contribution in [0.3, 0.4) is 0 Å². The van der Waals surface area contributed by atoms with Gasteiger partial charge in [-0.3, -0.25) is 4.90 Å². The van der Waals surface area contributed by atoms with Crippen molar-refractivity contribution in [1.82, 2.24) is 4.90 Å². The zero-order valence-electron chi connectivity index (χ0n) is 15.6. The fourth-order valence-electron chi connectivity index (χ4n) is 2.74. The Morgan fingerprint density at radius 3 is 2.81 bits per heavy atom. The van der Waals surface area contributed by atoms with Gasteiger partial charge in [-0.05, 0) is 36.2 Å². The number of furan rings is 1. The van der Waals surface area contributed by atoms with Gasteiger partial charge in [0.05, 0.1) is 26.1 Å². The molecule has 0 saturated carbocycles. The van der Waals surface area contributed by atoms with Gasteiger partial charge < -0.3 is 23.7 Å². The maximum absolute atomic E-state index is 10.3. The number of aliphatic hydroxyl groups excluding tert-OH is 1. The van der Waals surface area contributed by atoms with E-state index >= 15 is 0 Å². The minimum absolute atomic E-state index is 0.263. The highest BCUT2D eigenvalue weighted by Gasteiger charge is 2.13. The molecule has 6 nitrogen and oxygen atoms in total. The first kappa shape index (κ1) is 20.5. The molecule has 2 rings (SSSR count). The fraction of sp³-hybridized carbons (Fsp3) is 0.500. The zero-order chi connectivity index (χ0) is 18.6. The van der Waals surface area contributed by atoms with Gasteiger partial charge in [0, 0.05) is 33.4 Å². The SMILES string of the molecule is COCCCN(Cc1cccc(OC)c1)C[C@H](O)COCc1ccco1. The molecule has 0 fully saturated rings. The third-order valence-electron chi connectivity index (χ3n) is 3.97. The molecule has 1 atom stereocenters. The van der Waals surface area contributed by atoms with Crippen molar-refractivity contribution in [3.63, 3.8) is 0 Å². The molecule has 144 valence electrons. The number of methoxy groups -OCH3 is 2. The average molecular weight is 363 g/mol. The molecule has 1 N–H and O–H groups in total. The highest BCUT2D eigenvalue weighted by Crippen LogP contribution is 2.15. The van der Waals surface area contributed by atoms with Crippen LogP contribution in [-0.2, 0) is 22.6 Å². The Morgan fingerprint density at radius 1 is 1.19 bits per heavy atom. The van der Waals surface area contributed by atoms with Gasteiger partial charge >= 0.3 is 0 Å². The maximum Gasteiger partial charge on any atom is 0.129 e. The lowest BCUT2D eigenvalue weighted by Gasteiger charge is -2.25. The topological polar surface area (TPSA) is 64.3 Å². The molecule has 1 heterocycles. The highest BCUT2D eigenvalue weighted by atomic mass is 16.5. The van der Waals surface area contributed by atoms with Gasteiger partial charge in [-0.2, -0.15) is 0 Å². The molecule has 2 aromatic rings. The quantitative estimate of drug-likeness (QED) is 0.552. The lowest BCUT2D eigenvalue weighted by atomic mass is 10.2. The molecule has 0 amide bonds. The van der Waals surface area contributed by atoms with Crippen LogP contribution in [-0.4, -0.2) is 56.6 Å². The number of aliphatic hydroxyl groups is 1. The van der Waals surface area contributed by atoms with E-state index in [0.717, 1.165) is 36.6 Å². The minimum Gasteiger partial charge on any atom is -0.497 e. The molecule has 0 unspecified atom stereocenters. The predicted octanol–water partition coefficient (Wildman–Crippen LogP) is 2.70. The Bertz CT molecular complexity index is 602. The predicted molar refractivity (Wildman–Crippen MR) is 99.1 cm³/mol. The fourth-order valence-corrected chi connectivity index (χ4v) is 2.74. The van der Waals surface area contributed by atoms with Crippen LogP contribution >= 0.6 is 0 Å². The number of nitrogens with zero attached hydrogens (tertiary/aromatic N) is 1. The first-order valence-electron chi connectivity index (χ1n) is 8.83. The van der Waals surface area contributed by atoms with Crippen LogP contribution in [0.25, 0.3) is 0 Å². The lowest BCUT2D eigenvalue weighted by molar-refractivity contribution is 0.00281. The summed E-state index contributed by atoms with van der Waals surface area (Å²) in [6.07, 6.45) is 1.94. The van der Waals surface area contributed by atoms with E-state index in [1.165, 1.54) is 0 Å². The van der Waals surface area contributed by atoms with Crippen molar-refractivity contribution in [2.45, 2.75) is 25.7 Å². The second-order valence-corrected chi connectivity index (χ2v) is 6.18. The molecule has 0 spiro atoms. The second kappa shape index (κ2) is 11.7. The molecule has 1 aromatic heterocycles. The monoisotopic (exact) mass is 363 g/mol. The Balaban J connectivity index is 1.83. The number of benzene rings is 1. The Kier molecular flexibility index (Phi) is 9.20. The molecule has 0 aliphatic heterocycles. The normalized spacial score (nSPS) is 12.5. The molecule has 26 heavy (non-hydrogen) atoms. The van der Waals surface area contributed by atoms with Crippen molar-refractivity contribution in [2.24, 2.45) is 0 Å². The van der Waals surface area contributed by atoms with Crippen LogP contribution in [0.2, 0.25) is 0 Å². The summed E-state index contributed by atoms with van der Waals surface area (Å²) in [5, 5.41) is 10.3. The molecule has 0 radical (unpaired) electrons. The number of ether oxygens (including phenoxy) is 3. The van der Waals surface area contributed by atoms with Gasteiger partial charge in [0.25, 0.3) is 0 Å². The van der Waals surface area contributed by atoms with Crippen molar-refractivity contribution in [1.29, 1.82) is 0 Å². The second-order valence-electron chi connectivity index (χ2n) is 6.18. The number of hydrogen-bond acceptors (Lipinski definition) is 6. The van der Waals surface area contributed by atoms with Gasteiger partial charge in [-0.1, -0.05) is 12.1 Å². The van der Waals surface area contributed by atoms with Crippen LogP contribution in [0.1, 0.15) is 17.7 Å². The summed E-state index contributed by atoms with van der Waals surface area (Å²) in [6, 6.07) is 11.7. The molecule has 0 bridgehead atoms. The van der Waals surface area contributed by atoms with Crippen molar-refractivity contribution in [3.8, 4) is 5.75 Å². The van der Waals surface area contributed by atoms with Gasteiger partial charge in [0.2, 0.25) is 0 Å². The number of hydrogen-bond donors (Lipinski definition) is 1. The van der Waals surface area contributed by atoms with E-state index < -0.39 is 6.10 Å². The van der Waals surface area contributed by atoms with E-state index in [1.807, 2.05) is 30.3 Å². The van der Waals surface area contributed by atoms with Crippen LogP contribution in [0.5, 0.6) is 5.75 Å². The Labute approximate surface area is 155 Å². The molecular formula is C20H29NO5. The Hall–Kier alpha value is -1.86. The van der Waals surface area contributed by atoms with Crippen LogP contribution in [0.4, 0.5) is 0 Å². The van der Waals surface area contributed by atoms with E-state index in [1.54, 1.807) is 20.5 Å². The summed E-state index contributed by atoms with van der Waals surface area (Å²) < 4.78 is 21.2. The van der Waals surface area contributed by atoms with Gasteiger partial charge in [-0.15, -0.1) is 0 Å². The van der Waals surface area contributed by atoms with E-state index in [4.69, 9.17) is 18.6 Å². The van der Waals surface area contributed by atoms with E-state index in [9.17, 15) is 5.11 Å². The third-order valence-corrected chi connectivity index (χ3v) is 3.97. The highest BCUT2D eigenvalue weighted by molar-refractivity contribution is 5.28. The molecule has 0 aliphatic rings. The largest absolute Gasteiger partial charge is 0.497 e. The summed E-state index contributed by atoms with van der Waals surface area (Å²) in [6.45, 7) is 3.42. The Morgan fingerprint density at radius 2 is 2.08 bits per heavy atom. The van der Waals surface area contributed by atoms with Crippen molar-refractivity contribution in [3.05, 3.63) is 54.0 Å². The first-order chi connectivity index (χ1) is 12.7. The first-order valence-corrected chi connectivity index (χ1v) is 8.83. The van der Waals surface area contributed by atoms with Crippen molar-refractivity contribution in [2.75, 3.05) is 40.5 Å². The van der Waals surface area contributed by atoms with E-state index in [-0.39, 0.29) is 6.61 Å². The lowest BCUT2D eigenvalue weighted by Crippen LogP contribution is -2.35. The van der Waals surface area contributed by atoms with Crippen molar-refractivity contribution >= 4 is 0 Å².